The predicted molar refractivity (Wildman–Crippen MR) is 401 cm³/mol. The third-order valence-corrected chi connectivity index (χ3v) is 18.2. The SMILES string of the molecule is CNC(=O)c1ccccc1Sc1ccc2c(/C=C/c3ccccn3)nn(C(=O)N(CCNC(=O)[C@@H](N)CCC(=O)O)CCNC(=O)[C@@H](N)CCC(=O)N[C@H]3CCNC(=O)[C@H]([C@@H](C)O)NC(=O)[C@H](CCN)NC(=O)[C@H](CCN)NC(=O)[C@H](CC(C)C)NC(=O)[C@@H](Cc4ccccc4)NC(=O)[C@H](CCN)NC3=O)c2c1. The molecule has 584 valence electrons. The number of hydrogen-bond acceptors (Lipinski definition) is 22. The van der Waals surface area contributed by atoms with Crippen molar-refractivity contribution in [3.05, 3.63) is 120 Å². The summed E-state index contributed by atoms with van der Waals surface area (Å²) in [5, 5.41) is 54.0. The van der Waals surface area contributed by atoms with Crippen molar-refractivity contribution in [3.8, 4) is 0 Å². The van der Waals surface area contributed by atoms with Crippen LogP contribution in [0.15, 0.2) is 107 Å². The van der Waals surface area contributed by atoms with Gasteiger partial charge in [-0.2, -0.15) is 9.78 Å². The zero-order chi connectivity index (χ0) is 79.0. The number of aliphatic hydroxyl groups is 1. The van der Waals surface area contributed by atoms with Crippen molar-refractivity contribution in [3.63, 3.8) is 0 Å². The Morgan fingerprint density at radius 1 is 0.657 bits per heavy atom. The van der Waals surface area contributed by atoms with Gasteiger partial charge in [0.2, 0.25) is 59.1 Å². The first-order chi connectivity index (χ1) is 51.6. The number of carbonyl (C=O) groups excluding carboxylic acids is 12. The molecule has 108 heavy (non-hydrogen) atoms. The fraction of sp³-hybridized carbons (Fsp3) is 0.458. The Balaban J connectivity index is 1.25. The minimum Gasteiger partial charge on any atom is -0.481 e. The molecule has 5 aromatic rings. The van der Waals surface area contributed by atoms with Gasteiger partial charge < -0.3 is 102 Å². The van der Waals surface area contributed by atoms with E-state index in [0.29, 0.717) is 43.2 Å². The Hall–Kier alpha value is -10.8. The number of nitrogens with two attached hydrogens (primary N) is 5. The normalized spacial score (nSPS) is 19.6. The molecule has 0 aliphatic carbocycles. The Kier molecular flexibility index (Phi) is 34.9. The quantitative estimate of drug-likeness (QED) is 0.0219. The average Bonchev–Trinajstić information content (AvgIpc) is 1.62. The van der Waals surface area contributed by atoms with E-state index in [1.165, 1.54) is 30.6 Å². The molecular formula is C72H100N20O15S. The van der Waals surface area contributed by atoms with Crippen LogP contribution in [0.3, 0.4) is 0 Å². The molecule has 2 aromatic heterocycles. The van der Waals surface area contributed by atoms with Crippen LogP contribution in [0.1, 0.15) is 106 Å². The fourth-order valence-electron chi connectivity index (χ4n) is 11.3. The minimum atomic E-state index is -1.69. The fourth-order valence-corrected chi connectivity index (χ4v) is 12.3. The third kappa shape index (κ3) is 26.9. The zero-order valence-electron chi connectivity index (χ0n) is 60.8. The van der Waals surface area contributed by atoms with Gasteiger partial charge >= 0.3 is 12.0 Å². The van der Waals surface area contributed by atoms with Gasteiger partial charge in [0.05, 0.1) is 40.7 Å². The Morgan fingerprint density at radius 3 is 1.78 bits per heavy atom. The van der Waals surface area contributed by atoms with Crippen LogP contribution in [0.2, 0.25) is 0 Å². The van der Waals surface area contributed by atoms with E-state index in [9.17, 15) is 67.7 Å². The summed E-state index contributed by atoms with van der Waals surface area (Å²) in [7, 11) is 1.51. The molecule has 1 saturated heterocycles. The van der Waals surface area contributed by atoms with Crippen molar-refractivity contribution in [1.29, 1.82) is 0 Å². The van der Waals surface area contributed by atoms with Crippen LogP contribution in [0.25, 0.3) is 23.1 Å². The van der Waals surface area contributed by atoms with Crippen molar-refractivity contribution < 1.29 is 72.5 Å². The summed E-state index contributed by atoms with van der Waals surface area (Å²) in [4.78, 5) is 187. The molecule has 36 heteroatoms. The number of rotatable bonds is 31. The highest BCUT2D eigenvalue weighted by Crippen LogP contribution is 2.34. The molecule has 0 unspecified atom stereocenters. The summed E-state index contributed by atoms with van der Waals surface area (Å²) in [5.74, 6) is -10.4. The van der Waals surface area contributed by atoms with E-state index in [1.807, 2.05) is 6.07 Å². The number of carboxylic acid groups (broad SMARTS) is 1. The van der Waals surface area contributed by atoms with Gasteiger partial charge in [0.1, 0.15) is 42.3 Å². The van der Waals surface area contributed by atoms with Gasteiger partial charge in [-0.15, -0.1) is 0 Å². The number of nitrogens with one attached hydrogen (secondary N) is 11. The van der Waals surface area contributed by atoms with Crippen molar-refractivity contribution in [2.75, 3.05) is 59.4 Å². The smallest absolute Gasteiger partial charge is 0.345 e. The highest BCUT2D eigenvalue weighted by molar-refractivity contribution is 7.99. The number of hydrogen-bond donors (Lipinski definition) is 18. The highest BCUT2D eigenvalue weighted by Gasteiger charge is 2.36. The molecular weight excluding hydrogens is 1420 g/mol. The largest absolute Gasteiger partial charge is 0.481 e. The number of fused-ring (bicyclic) bond motifs is 1. The molecule has 6 rings (SSSR count). The minimum absolute atomic E-state index is 0.0373. The lowest BCUT2D eigenvalue weighted by atomic mass is 10.00. The van der Waals surface area contributed by atoms with E-state index >= 15 is 4.79 Å². The maximum absolute atomic E-state index is 15.0. The van der Waals surface area contributed by atoms with Crippen LogP contribution < -0.4 is 87.2 Å². The molecule has 3 heterocycles. The first-order valence-corrected chi connectivity index (χ1v) is 36.4. The summed E-state index contributed by atoms with van der Waals surface area (Å²) >= 11 is 1.26. The van der Waals surface area contributed by atoms with Gasteiger partial charge in [-0.05, 0) is 138 Å². The molecule has 1 fully saturated rings. The van der Waals surface area contributed by atoms with E-state index in [2.05, 4.69) is 63.5 Å². The second-order valence-corrected chi connectivity index (χ2v) is 27.2. The Morgan fingerprint density at radius 2 is 1.20 bits per heavy atom. The molecule has 1 aliphatic rings. The molecule has 12 amide bonds. The van der Waals surface area contributed by atoms with Crippen molar-refractivity contribution in [1.82, 2.24) is 78.1 Å². The summed E-state index contributed by atoms with van der Waals surface area (Å²) in [6.07, 6.45) is 0.967. The van der Waals surface area contributed by atoms with Gasteiger partial charge in [-0.25, -0.2) is 4.79 Å². The summed E-state index contributed by atoms with van der Waals surface area (Å²) in [6, 6.07) is 12.5. The standard InChI is InChI=1S/C72H100N20O15S/c1-41(2)38-55-69(104)86-51(25-29-73)65(100)85-53(27-31-75)68(103)89-61(42(3)93)71(106)80-33-28-54(67(102)84-52(26-30-74)66(101)88-56(70(105)87-55)39-43-12-6-5-7-13-43)83-59(94)23-20-48(76)63(98)81-34-36-91(37-35-82-64(99)49(77)21-24-60(95)96)72(107)92-57-40-45(108-58-16-9-8-15-47(58)62(97)78-4)18-19-46(57)50(90-92)22-17-44-14-10-11-32-79-44/h5-19,22,32,40-42,48-49,51-56,61,93H,20-21,23-31,33-39,73-77H2,1-4H3,(H,78,97)(H,80,106)(H,81,98)(H,82,99)(H,83,94)(H,84,102)(H,85,100)(H,86,104)(H,87,105)(H,88,101)(H,89,103)(H,95,96)/b22-17+/t42-,48+,49+,51+,52+,53+,54+,55+,56-,61+/m1/s1. The van der Waals surface area contributed by atoms with E-state index in [4.69, 9.17) is 33.8 Å². The zero-order valence-corrected chi connectivity index (χ0v) is 61.6. The van der Waals surface area contributed by atoms with Crippen LogP contribution in [0, 0.1) is 5.92 Å². The number of nitrogens with zero attached hydrogens (tertiary/aromatic N) is 4. The number of carboxylic acids is 1. The number of amides is 12. The molecule has 0 bridgehead atoms. The number of aliphatic hydroxyl groups excluding tert-OH is 1. The third-order valence-electron chi connectivity index (χ3n) is 17.2. The van der Waals surface area contributed by atoms with Gasteiger partial charge in [0, 0.05) is 80.4 Å². The molecule has 23 N–H and O–H groups in total. The van der Waals surface area contributed by atoms with Crippen molar-refractivity contribution >= 4 is 112 Å². The molecule has 0 spiro atoms. The van der Waals surface area contributed by atoms with Gasteiger partial charge in [-0.3, -0.25) is 62.5 Å². The molecule has 35 nitrogen and oxygen atoms in total. The number of aliphatic carboxylic acids is 1. The Bertz CT molecular complexity index is 3960. The van der Waals surface area contributed by atoms with E-state index in [1.54, 1.807) is 117 Å². The van der Waals surface area contributed by atoms with E-state index in [0.717, 1.165) is 4.68 Å². The first-order valence-electron chi connectivity index (χ1n) is 35.5. The molecule has 1 aliphatic heterocycles. The molecule has 0 saturated carbocycles. The lowest BCUT2D eigenvalue weighted by Gasteiger charge is -2.28. The number of pyridine rings is 1. The summed E-state index contributed by atoms with van der Waals surface area (Å²) in [6.45, 7) is 2.96. The van der Waals surface area contributed by atoms with Crippen LogP contribution in [-0.4, -0.2) is 227 Å². The van der Waals surface area contributed by atoms with Gasteiger partial charge in [0.15, 0.2) is 0 Å². The van der Waals surface area contributed by atoms with Gasteiger partial charge in [0.25, 0.3) is 5.91 Å². The molecule has 10 atom stereocenters. The lowest BCUT2D eigenvalue weighted by Crippen LogP contribution is -2.61. The second kappa shape index (κ2) is 43.8. The predicted octanol–water partition coefficient (Wildman–Crippen LogP) is -2.46. The maximum Gasteiger partial charge on any atom is 0.345 e. The highest BCUT2D eigenvalue weighted by atomic mass is 32.2. The topological polar surface area (TPSA) is 559 Å². The maximum atomic E-state index is 15.0. The van der Waals surface area contributed by atoms with E-state index in [-0.39, 0.29) is 109 Å². The van der Waals surface area contributed by atoms with Crippen LogP contribution in [0.5, 0.6) is 0 Å². The number of aromatic nitrogens is 3. The Labute approximate surface area is 628 Å². The van der Waals surface area contributed by atoms with Crippen molar-refractivity contribution in [2.24, 2.45) is 34.6 Å². The second-order valence-electron chi connectivity index (χ2n) is 26.1. The van der Waals surface area contributed by atoms with Crippen LogP contribution >= 0.6 is 11.8 Å². The monoisotopic (exact) mass is 1520 g/mol. The van der Waals surface area contributed by atoms with E-state index < -0.39 is 151 Å². The first kappa shape index (κ1) is 86.2. The van der Waals surface area contributed by atoms with Crippen molar-refractivity contribution in [2.45, 2.75) is 155 Å². The lowest BCUT2D eigenvalue weighted by molar-refractivity contribution is -0.137. The number of benzene rings is 3. The molecule has 0 radical (unpaired) electrons. The van der Waals surface area contributed by atoms with Crippen LogP contribution in [-0.2, 0) is 59.2 Å². The van der Waals surface area contributed by atoms with Gasteiger partial charge in [-0.1, -0.05) is 74.1 Å². The average molecular weight is 1520 g/mol. The summed E-state index contributed by atoms with van der Waals surface area (Å²) < 4.78 is 1.15. The molecule has 3 aromatic carbocycles. The number of carbonyl (C=O) groups is 13. The summed E-state index contributed by atoms with van der Waals surface area (Å²) in [5.41, 5.74) is 32.4. The van der Waals surface area contributed by atoms with Crippen LogP contribution in [0.4, 0.5) is 4.79 Å².